The van der Waals surface area contributed by atoms with E-state index in [0.29, 0.717) is 22.0 Å². The van der Waals surface area contributed by atoms with Crippen LogP contribution in [0.15, 0.2) is 100 Å². The molecule has 1 saturated carbocycles. The minimum Gasteiger partial charge on any atom is -0.350 e. The van der Waals surface area contributed by atoms with Gasteiger partial charge in [0.25, 0.3) is 11.8 Å². The van der Waals surface area contributed by atoms with Crippen LogP contribution < -0.4 is 15.5 Å². The van der Waals surface area contributed by atoms with Gasteiger partial charge < -0.3 is 10.6 Å². The number of amides is 3. The summed E-state index contributed by atoms with van der Waals surface area (Å²) >= 11 is 1.22. The fraction of sp³-hybridized carbons (Fsp3) is 0.179. The molecular weight excluding hydrogens is 458 g/mol. The smallest absolute Gasteiger partial charge is 0.283 e. The summed E-state index contributed by atoms with van der Waals surface area (Å²) in [5, 5.41) is 6.16. The van der Waals surface area contributed by atoms with Crippen LogP contribution in [0.2, 0.25) is 0 Å². The molecule has 3 amide bonds. The third-order valence-electron chi connectivity index (χ3n) is 6.15. The normalized spacial score (nSPS) is 16.2. The summed E-state index contributed by atoms with van der Waals surface area (Å²) in [5.74, 6) is -0.690. The monoisotopic (exact) mass is 483 g/mol. The zero-order valence-electron chi connectivity index (χ0n) is 19.1. The SMILES string of the molecule is O=C(Nc1cccc(SC2=C(Nc3ccccc3)C(=O)N(c3ccccc3)C2=O)c1)C1CCCC1. The van der Waals surface area contributed by atoms with Gasteiger partial charge in [0, 0.05) is 22.2 Å². The first-order chi connectivity index (χ1) is 17.1. The molecule has 0 unspecified atom stereocenters. The Hall–Kier alpha value is -3.84. The van der Waals surface area contributed by atoms with Crippen LogP contribution in [0.25, 0.3) is 0 Å². The van der Waals surface area contributed by atoms with Crippen molar-refractivity contribution >= 4 is 46.5 Å². The minimum atomic E-state index is -0.404. The first-order valence-corrected chi connectivity index (χ1v) is 12.5. The van der Waals surface area contributed by atoms with Gasteiger partial charge in [0.05, 0.1) is 5.69 Å². The van der Waals surface area contributed by atoms with Crippen LogP contribution in [-0.4, -0.2) is 17.7 Å². The Labute approximate surface area is 208 Å². The zero-order chi connectivity index (χ0) is 24.2. The summed E-state index contributed by atoms with van der Waals surface area (Å²) < 4.78 is 0. The van der Waals surface area contributed by atoms with Crippen molar-refractivity contribution in [3.63, 3.8) is 0 Å². The molecule has 1 heterocycles. The van der Waals surface area contributed by atoms with Crippen molar-refractivity contribution < 1.29 is 14.4 Å². The molecular formula is C28H25N3O3S. The van der Waals surface area contributed by atoms with Gasteiger partial charge in [-0.25, -0.2) is 4.90 Å². The van der Waals surface area contributed by atoms with E-state index < -0.39 is 5.91 Å². The Morgan fingerprint density at radius 3 is 2.17 bits per heavy atom. The van der Waals surface area contributed by atoms with Crippen LogP contribution in [0.3, 0.4) is 0 Å². The highest BCUT2D eigenvalue weighted by atomic mass is 32.2. The average molecular weight is 484 g/mol. The Kier molecular flexibility index (Phi) is 6.68. The predicted octanol–water partition coefficient (Wildman–Crippen LogP) is 5.80. The number of nitrogens with zero attached hydrogens (tertiary/aromatic N) is 1. The molecule has 0 radical (unpaired) electrons. The quantitative estimate of drug-likeness (QED) is 0.415. The van der Waals surface area contributed by atoms with Crippen molar-refractivity contribution in [2.75, 3.05) is 15.5 Å². The molecule has 5 rings (SSSR count). The molecule has 2 aliphatic rings. The molecule has 2 N–H and O–H groups in total. The Morgan fingerprint density at radius 1 is 0.800 bits per heavy atom. The number of anilines is 3. The maximum Gasteiger partial charge on any atom is 0.283 e. The van der Waals surface area contributed by atoms with E-state index in [0.717, 1.165) is 30.6 Å². The molecule has 0 saturated heterocycles. The molecule has 35 heavy (non-hydrogen) atoms. The Bertz CT molecular complexity index is 1290. The standard InChI is InChI=1S/C28H25N3O3S/c32-26(19-10-7-8-11-19)30-21-14-9-17-23(18-21)35-25-24(29-20-12-3-1-4-13-20)27(33)31(28(25)34)22-15-5-2-6-16-22/h1-6,9,12-19,29H,7-8,10-11H2,(H,30,32). The van der Waals surface area contributed by atoms with Crippen LogP contribution in [0.4, 0.5) is 17.1 Å². The molecule has 1 fully saturated rings. The van der Waals surface area contributed by atoms with Crippen LogP contribution >= 0.6 is 11.8 Å². The number of para-hydroxylation sites is 2. The van der Waals surface area contributed by atoms with Crippen molar-refractivity contribution in [3.05, 3.63) is 95.5 Å². The lowest BCUT2D eigenvalue weighted by Gasteiger charge is -2.15. The molecule has 3 aromatic rings. The second kappa shape index (κ2) is 10.2. The first-order valence-electron chi connectivity index (χ1n) is 11.7. The van der Waals surface area contributed by atoms with E-state index in [1.807, 2.05) is 60.7 Å². The Morgan fingerprint density at radius 2 is 1.46 bits per heavy atom. The average Bonchev–Trinajstić information content (AvgIpc) is 3.49. The lowest BCUT2D eigenvalue weighted by molar-refractivity contribution is -0.121. The van der Waals surface area contributed by atoms with Crippen LogP contribution in [-0.2, 0) is 14.4 Å². The molecule has 0 aromatic heterocycles. The number of hydrogen-bond acceptors (Lipinski definition) is 5. The molecule has 0 spiro atoms. The largest absolute Gasteiger partial charge is 0.350 e. The highest BCUT2D eigenvalue weighted by molar-refractivity contribution is 8.04. The number of imide groups is 1. The molecule has 6 nitrogen and oxygen atoms in total. The number of carbonyl (C=O) groups excluding carboxylic acids is 3. The number of thioether (sulfide) groups is 1. The van der Waals surface area contributed by atoms with Gasteiger partial charge in [0.1, 0.15) is 10.6 Å². The first kappa shape index (κ1) is 22.9. The summed E-state index contributed by atoms with van der Waals surface area (Å²) in [6, 6.07) is 25.6. The van der Waals surface area contributed by atoms with Gasteiger partial charge in [-0.15, -0.1) is 0 Å². The third kappa shape index (κ3) is 5.00. The topological polar surface area (TPSA) is 78.5 Å². The molecule has 7 heteroatoms. The van der Waals surface area contributed by atoms with Gasteiger partial charge in [-0.2, -0.15) is 0 Å². The van der Waals surface area contributed by atoms with E-state index >= 15 is 0 Å². The second-order valence-corrected chi connectivity index (χ2v) is 9.66. The van der Waals surface area contributed by atoms with Gasteiger partial charge in [0.15, 0.2) is 0 Å². The van der Waals surface area contributed by atoms with Crippen molar-refractivity contribution in [1.82, 2.24) is 0 Å². The van der Waals surface area contributed by atoms with Crippen LogP contribution in [0.5, 0.6) is 0 Å². The summed E-state index contributed by atoms with van der Waals surface area (Å²) in [4.78, 5) is 41.7. The fourth-order valence-electron chi connectivity index (χ4n) is 4.38. The Balaban J connectivity index is 1.43. The zero-order valence-corrected chi connectivity index (χ0v) is 19.9. The van der Waals surface area contributed by atoms with E-state index in [1.54, 1.807) is 24.3 Å². The summed E-state index contributed by atoms with van der Waals surface area (Å²) in [7, 11) is 0. The number of benzene rings is 3. The number of carbonyl (C=O) groups is 3. The minimum absolute atomic E-state index is 0.0395. The summed E-state index contributed by atoms with van der Waals surface area (Å²) in [6.07, 6.45) is 4.03. The summed E-state index contributed by atoms with van der Waals surface area (Å²) in [5.41, 5.74) is 2.15. The van der Waals surface area contributed by atoms with Gasteiger partial charge in [-0.3, -0.25) is 14.4 Å². The van der Waals surface area contributed by atoms with E-state index in [1.165, 1.54) is 16.7 Å². The van der Waals surface area contributed by atoms with Crippen molar-refractivity contribution in [1.29, 1.82) is 0 Å². The maximum absolute atomic E-state index is 13.5. The fourth-order valence-corrected chi connectivity index (χ4v) is 5.37. The van der Waals surface area contributed by atoms with Gasteiger partial charge in [-0.05, 0) is 55.3 Å². The van der Waals surface area contributed by atoms with E-state index in [-0.39, 0.29) is 23.4 Å². The lowest BCUT2D eigenvalue weighted by atomic mass is 10.1. The highest BCUT2D eigenvalue weighted by Gasteiger charge is 2.40. The van der Waals surface area contributed by atoms with Gasteiger partial charge >= 0.3 is 0 Å². The molecule has 1 aliphatic carbocycles. The van der Waals surface area contributed by atoms with E-state index in [9.17, 15) is 14.4 Å². The molecule has 0 atom stereocenters. The predicted molar refractivity (Wildman–Crippen MR) is 139 cm³/mol. The van der Waals surface area contributed by atoms with Gasteiger partial charge in [-0.1, -0.05) is 67.1 Å². The third-order valence-corrected chi connectivity index (χ3v) is 7.22. The second-order valence-electron chi connectivity index (χ2n) is 8.58. The molecule has 3 aromatic carbocycles. The molecule has 1 aliphatic heterocycles. The lowest BCUT2D eigenvalue weighted by Crippen LogP contribution is -2.32. The van der Waals surface area contributed by atoms with Crippen LogP contribution in [0, 0.1) is 5.92 Å². The van der Waals surface area contributed by atoms with Crippen molar-refractivity contribution in [2.45, 2.75) is 30.6 Å². The number of hydrogen-bond donors (Lipinski definition) is 2. The highest BCUT2D eigenvalue weighted by Crippen LogP contribution is 2.38. The molecule has 176 valence electrons. The number of nitrogens with one attached hydrogen (secondary N) is 2. The van der Waals surface area contributed by atoms with E-state index in [4.69, 9.17) is 0 Å². The summed E-state index contributed by atoms with van der Waals surface area (Å²) in [6.45, 7) is 0. The van der Waals surface area contributed by atoms with Crippen molar-refractivity contribution in [2.24, 2.45) is 5.92 Å². The van der Waals surface area contributed by atoms with Gasteiger partial charge in [0.2, 0.25) is 5.91 Å². The van der Waals surface area contributed by atoms with Crippen LogP contribution in [0.1, 0.15) is 25.7 Å². The van der Waals surface area contributed by atoms with E-state index in [2.05, 4.69) is 10.6 Å². The molecule has 0 bridgehead atoms. The van der Waals surface area contributed by atoms with Crippen molar-refractivity contribution in [3.8, 4) is 0 Å². The maximum atomic E-state index is 13.5. The number of rotatable bonds is 7.